The largest absolute Gasteiger partial charge is 0.398 e. The van der Waals surface area contributed by atoms with Gasteiger partial charge in [0.2, 0.25) is 10.0 Å². The molecule has 0 aliphatic heterocycles. The van der Waals surface area contributed by atoms with Gasteiger partial charge < -0.3 is 5.73 Å². The van der Waals surface area contributed by atoms with Crippen molar-refractivity contribution in [3.8, 4) is 12.3 Å². The molecule has 0 heterocycles. The molecule has 0 spiro atoms. The highest BCUT2D eigenvalue weighted by atomic mass is 32.2. The topological polar surface area (TPSA) is 72.2 Å². The first kappa shape index (κ1) is 12.5. The Kier molecular flexibility index (Phi) is 3.52. The summed E-state index contributed by atoms with van der Waals surface area (Å²) < 4.78 is 38.4. The molecule has 4 nitrogen and oxygen atoms in total. The average molecular weight is 242 g/mol. The molecule has 0 saturated carbocycles. The van der Waals surface area contributed by atoms with Gasteiger partial charge in [0.15, 0.2) is 0 Å². The van der Waals surface area contributed by atoms with E-state index in [0.29, 0.717) is 0 Å². The molecule has 1 aromatic carbocycles. The molecule has 0 saturated heterocycles. The smallest absolute Gasteiger partial charge is 0.243 e. The first-order chi connectivity index (χ1) is 7.36. The molecule has 0 aliphatic rings. The molecule has 1 unspecified atom stereocenters. The van der Waals surface area contributed by atoms with Crippen molar-refractivity contribution in [1.82, 2.24) is 4.72 Å². The fourth-order valence-corrected chi connectivity index (χ4v) is 2.37. The number of terminal acetylenes is 1. The number of rotatable bonds is 3. The van der Waals surface area contributed by atoms with Crippen LogP contribution in [0.4, 0.5) is 10.1 Å². The molecule has 0 aromatic heterocycles. The Morgan fingerprint density at radius 1 is 1.56 bits per heavy atom. The second-order valence-electron chi connectivity index (χ2n) is 3.19. The lowest BCUT2D eigenvalue weighted by molar-refractivity contribution is 0.577. The van der Waals surface area contributed by atoms with Gasteiger partial charge in [0, 0.05) is 0 Å². The summed E-state index contributed by atoms with van der Waals surface area (Å²) in [4.78, 5) is -0.184. The molecule has 0 amide bonds. The van der Waals surface area contributed by atoms with E-state index in [1.165, 1.54) is 6.92 Å². The Bertz CT molecular complexity index is 534. The Hall–Kier alpha value is -1.58. The zero-order valence-corrected chi connectivity index (χ0v) is 9.38. The van der Waals surface area contributed by atoms with Gasteiger partial charge in [0.1, 0.15) is 10.7 Å². The maximum atomic E-state index is 12.7. The first-order valence-corrected chi connectivity index (χ1v) is 5.88. The van der Waals surface area contributed by atoms with Crippen LogP contribution in [0.3, 0.4) is 0 Å². The van der Waals surface area contributed by atoms with Gasteiger partial charge in [-0.05, 0) is 25.1 Å². The van der Waals surface area contributed by atoms with E-state index in [4.69, 9.17) is 12.2 Å². The van der Waals surface area contributed by atoms with E-state index in [2.05, 4.69) is 10.6 Å². The fourth-order valence-electron chi connectivity index (χ4n) is 1.09. The molecular formula is C10H11FN2O2S. The second-order valence-corrected chi connectivity index (χ2v) is 4.87. The number of sulfonamides is 1. The van der Waals surface area contributed by atoms with E-state index < -0.39 is 21.9 Å². The number of nitrogens with one attached hydrogen (secondary N) is 1. The Balaban J connectivity index is 3.14. The van der Waals surface area contributed by atoms with Crippen LogP contribution in [-0.2, 0) is 10.0 Å². The van der Waals surface area contributed by atoms with Gasteiger partial charge in [-0.25, -0.2) is 12.8 Å². The van der Waals surface area contributed by atoms with E-state index in [0.717, 1.165) is 18.2 Å². The summed E-state index contributed by atoms with van der Waals surface area (Å²) in [6.07, 6.45) is 5.05. The van der Waals surface area contributed by atoms with E-state index >= 15 is 0 Å². The Morgan fingerprint density at radius 3 is 2.69 bits per heavy atom. The van der Waals surface area contributed by atoms with Gasteiger partial charge in [0.25, 0.3) is 0 Å². The minimum atomic E-state index is -3.80. The minimum Gasteiger partial charge on any atom is -0.398 e. The second kappa shape index (κ2) is 4.51. The predicted molar refractivity (Wildman–Crippen MR) is 59.4 cm³/mol. The number of halogens is 1. The van der Waals surface area contributed by atoms with E-state index in [1.54, 1.807) is 0 Å². The number of nitrogens with two attached hydrogens (primary N) is 1. The lowest BCUT2D eigenvalue weighted by Crippen LogP contribution is -2.31. The molecule has 3 N–H and O–H groups in total. The monoisotopic (exact) mass is 242 g/mol. The number of hydrogen-bond acceptors (Lipinski definition) is 3. The van der Waals surface area contributed by atoms with Crippen LogP contribution in [0.15, 0.2) is 23.1 Å². The lowest BCUT2D eigenvalue weighted by Gasteiger charge is -2.10. The number of nitrogen functional groups attached to an aromatic ring is 1. The number of hydrogen-bond donors (Lipinski definition) is 2. The Morgan fingerprint density at radius 2 is 2.19 bits per heavy atom. The zero-order valence-electron chi connectivity index (χ0n) is 8.57. The van der Waals surface area contributed by atoms with Crippen molar-refractivity contribution >= 4 is 15.7 Å². The number of benzene rings is 1. The van der Waals surface area contributed by atoms with E-state index in [1.807, 2.05) is 0 Å². The maximum absolute atomic E-state index is 12.7. The number of anilines is 1. The summed E-state index contributed by atoms with van der Waals surface area (Å²) in [5.74, 6) is 1.62. The van der Waals surface area contributed by atoms with Crippen LogP contribution in [-0.4, -0.2) is 14.5 Å². The van der Waals surface area contributed by atoms with Crippen LogP contribution < -0.4 is 10.5 Å². The summed E-state index contributed by atoms with van der Waals surface area (Å²) in [5, 5.41) is 0. The average Bonchev–Trinajstić information content (AvgIpc) is 2.16. The normalized spacial score (nSPS) is 13.1. The van der Waals surface area contributed by atoms with E-state index in [-0.39, 0.29) is 10.6 Å². The fraction of sp³-hybridized carbons (Fsp3) is 0.200. The van der Waals surface area contributed by atoms with Crippen molar-refractivity contribution in [2.75, 3.05) is 5.73 Å². The summed E-state index contributed by atoms with van der Waals surface area (Å²) in [6, 6.07) is 2.39. The molecule has 1 rings (SSSR count). The van der Waals surface area contributed by atoms with Crippen molar-refractivity contribution in [2.45, 2.75) is 17.9 Å². The van der Waals surface area contributed by atoms with Gasteiger partial charge in [0.05, 0.1) is 11.7 Å². The van der Waals surface area contributed by atoms with Gasteiger partial charge in [-0.15, -0.1) is 6.42 Å². The molecule has 1 atom stereocenters. The highest BCUT2D eigenvalue weighted by molar-refractivity contribution is 7.89. The van der Waals surface area contributed by atoms with Crippen molar-refractivity contribution in [1.29, 1.82) is 0 Å². The molecule has 1 aromatic rings. The van der Waals surface area contributed by atoms with Crippen LogP contribution in [0.2, 0.25) is 0 Å². The molecule has 0 radical (unpaired) electrons. The molecule has 86 valence electrons. The predicted octanol–water partition coefficient (Wildman–Crippen LogP) is 0.708. The molecule has 0 fully saturated rings. The molecule has 0 aliphatic carbocycles. The third-order valence-electron chi connectivity index (χ3n) is 1.84. The summed E-state index contributed by atoms with van der Waals surface area (Å²) in [7, 11) is -3.80. The summed E-state index contributed by atoms with van der Waals surface area (Å²) >= 11 is 0. The van der Waals surface area contributed by atoms with Crippen molar-refractivity contribution in [3.63, 3.8) is 0 Å². The molecule has 0 bridgehead atoms. The van der Waals surface area contributed by atoms with Crippen LogP contribution in [0, 0.1) is 18.2 Å². The Labute approximate surface area is 93.7 Å². The maximum Gasteiger partial charge on any atom is 0.243 e. The van der Waals surface area contributed by atoms with Crippen molar-refractivity contribution in [3.05, 3.63) is 24.0 Å². The minimum absolute atomic E-state index is 0.156. The summed E-state index contributed by atoms with van der Waals surface area (Å²) in [5.41, 5.74) is 5.26. The third-order valence-corrected chi connectivity index (χ3v) is 3.46. The third kappa shape index (κ3) is 2.72. The molecule has 6 heteroatoms. The summed E-state index contributed by atoms with van der Waals surface area (Å²) in [6.45, 7) is 1.51. The van der Waals surface area contributed by atoms with Gasteiger partial charge in [-0.2, -0.15) is 4.72 Å². The van der Waals surface area contributed by atoms with Crippen LogP contribution in [0.25, 0.3) is 0 Å². The van der Waals surface area contributed by atoms with Gasteiger partial charge in [-0.1, -0.05) is 5.92 Å². The first-order valence-electron chi connectivity index (χ1n) is 4.40. The molecular weight excluding hydrogens is 231 g/mol. The quantitative estimate of drug-likeness (QED) is 0.605. The molecule has 16 heavy (non-hydrogen) atoms. The highest BCUT2D eigenvalue weighted by Crippen LogP contribution is 2.19. The standard InChI is InChI=1S/C10H11FN2O2S/c1-3-7(2)13-16(14,15)10-5-4-8(11)6-9(10)12/h1,4-7,13H,12H2,2H3. The van der Waals surface area contributed by atoms with Gasteiger partial charge in [-0.3, -0.25) is 0 Å². The zero-order chi connectivity index (χ0) is 12.3. The van der Waals surface area contributed by atoms with Crippen molar-refractivity contribution < 1.29 is 12.8 Å². The van der Waals surface area contributed by atoms with Crippen LogP contribution >= 0.6 is 0 Å². The highest BCUT2D eigenvalue weighted by Gasteiger charge is 2.19. The lowest BCUT2D eigenvalue weighted by atomic mass is 10.3. The van der Waals surface area contributed by atoms with Crippen LogP contribution in [0.5, 0.6) is 0 Å². The SMILES string of the molecule is C#CC(C)NS(=O)(=O)c1ccc(F)cc1N. The van der Waals surface area contributed by atoms with E-state index in [9.17, 15) is 12.8 Å². The van der Waals surface area contributed by atoms with Gasteiger partial charge >= 0.3 is 0 Å². The van der Waals surface area contributed by atoms with Crippen LogP contribution in [0.1, 0.15) is 6.92 Å². The van der Waals surface area contributed by atoms with Crippen molar-refractivity contribution in [2.24, 2.45) is 0 Å².